The van der Waals surface area contributed by atoms with Gasteiger partial charge in [-0.15, -0.1) is 11.3 Å². The van der Waals surface area contributed by atoms with E-state index in [0.717, 1.165) is 11.8 Å². The fourth-order valence-electron chi connectivity index (χ4n) is 2.44. The number of rotatable bonds is 6. The van der Waals surface area contributed by atoms with Gasteiger partial charge < -0.3 is 10.6 Å². The molecule has 2 N–H and O–H groups in total. The predicted octanol–water partition coefficient (Wildman–Crippen LogP) is 3.78. The zero-order valence-corrected chi connectivity index (χ0v) is 16.5. The minimum Gasteiger partial charge on any atom is -0.344 e. The third-order valence-electron chi connectivity index (χ3n) is 3.92. The minimum atomic E-state index is -3.23. The lowest BCUT2D eigenvalue weighted by Crippen LogP contribution is -2.26. The number of hydrogen-bond donors (Lipinski definition) is 2. The van der Waals surface area contributed by atoms with Gasteiger partial charge in [0.1, 0.15) is 5.69 Å². The maximum Gasteiger partial charge on any atom is 0.271 e. The highest BCUT2D eigenvalue weighted by Gasteiger charge is 2.15. The van der Waals surface area contributed by atoms with Crippen LogP contribution in [0.15, 0.2) is 64.9 Å². The van der Waals surface area contributed by atoms with Crippen molar-refractivity contribution in [3.05, 3.63) is 71.2 Å². The van der Waals surface area contributed by atoms with Crippen LogP contribution in [0.25, 0.3) is 0 Å². The SMILES string of the molecule is C[C@H](NC(=O)c1csc(Nc2ccc(S(C)(=O)=O)cc2)n1)c1ccccc1. The van der Waals surface area contributed by atoms with Crippen LogP contribution in [0.3, 0.4) is 0 Å². The Kier molecular flexibility index (Phi) is 5.57. The first-order chi connectivity index (χ1) is 12.8. The van der Waals surface area contributed by atoms with Gasteiger partial charge in [-0.3, -0.25) is 4.79 Å². The summed E-state index contributed by atoms with van der Waals surface area (Å²) in [5, 5.41) is 8.24. The Hall–Kier alpha value is -2.71. The van der Waals surface area contributed by atoms with Crippen LogP contribution in [0.2, 0.25) is 0 Å². The van der Waals surface area contributed by atoms with E-state index >= 15 is 0 Å². The van der Waals surface area contributed by atoms with E-state index in [1.165, 1.54) is 23.5 Å². The Morgan fingerprint density at radius 3 is 2.37 bits per heavy atom. The van der Waals surface area contributed by atoms with E-state index in [1.807, 2.05) is 37.3 Å². The summed E-state index contributed by atoms with van der Waals surface area (Å²) in [5.74, 6) is -0.247. The summed E-state index contributed by atoms with van der Waals surface area (Å²) in [7, 11) is -3.23. The number of carbonyl (C=O) groups is 1. The Bertz CT molecular complexity index is 1030. The molecule has 0 fully saturated rings. The molecule has 3 aromatic rings. The minimum absolute atomic E-state index is 0.125. The van der Waals surface area contributed by atoms with Crippen LogP contribution < -0.4 is 10.6 Å². The van der Waals surface area contributed by atoms with Gasteiger partial charge in [0.15, 0.2) is 15.0 Å². The van der Waals surface area contributed by atoms with E-state index in [9.17, 15) is 13.2 Å². The molecule has 1 aromatic heterocycles. The van der Waals surface area contributed by atoms with Gasteiger partial charge in [0.05, 0.1) is 10.9 Å². The van der Waals surface area contributed by atoms with E-state index in [1.54, 1.807) is 17.5 Å². The van der Waals surface area contributed by atoms with Gasteiger partial charge >= 0.3 is 0 Å². The summed E-state index contributed by atoms with van der Waals surface area (Å²) in [5.41, 5.74) is 2.05. The Labute approximate surface area is 162 Å². The molecule has 27 heavy (non-hydrogen) atoms. The Morgan fingerprint density at radius 1 is 1.07 bits per heavy atom. The summed E-state index contributed by atoms with van der Waals surface area (Å²) >= 11 is 1.30. The molecule has 2 aromatic carbocycles. The summed E-state index contributed by atoms with van der Waals surface area (Å²) in [6.45, 7) is 1.92. The predicted molar refractivity (Wildman–Crippen MR) is 107 cm³/mol. The third kappa shape index (κ3) is 4.93. The summed E-state index contributed by atoms with van der Waals surface area (Å²) in [6, 6.07) is 16.0. The maximum atomic E-state index is 12.4. The Morgan fingerprint density at radius 2 is 1.74 bits per heavy atom. The lowest BCUT2D eigenvalue weighted by molar-refractivity contribution is 0.0935. The van der Waals surface area contributed by atoms with E-state index < -0.39 is 9.84 Å². The van der Waals surface area contributed by atoms with Crippen molar-refractivity contribution >= 4 is 37.9 Å². The molecule has 0 aliphatic rings. The second-order valence-electron chi connectivity index (χ2n) is 6.07. The van der Waals surface area contributed by atoms with Crippen molar-refractivity contribution in [2.75, 3.05) is 11.6 Å². The Balaban J connectivity index is 1.65. The summed E-state index contributed by atoms with van der Waals surface area (Å²) < 4.78 is 23.0. The molecular weight excluding hydrogens is 382 g/mol. The highest BCUT2D eigenvalue weighted by atomic mass is 32.2. The van der Waals surface area contributed by atoms with Crippen molar-refractivity contribution in [2.24, 2.45) is 0 Å². The fraction of sp³-hybridized carbons (Fsp3) is 0.158. The van der Waals surface area contributed by atoms with Crippen molar-refractivity contribution in [1.82, 2.24) is 10.3 Å². The average molecular weight is 402 g/mol. The number of benzene rings is 2. The molecular formula is C19H19N3O3S2. The highest BCUT2D eigenvalue weighted by molar-refractivity contribution is 7.90. The van der Waals surface area contributed by atoms with Crippen LogP contribution in [0.1, 0.15) is 29.0 Å². The number of amides is 1. The lowest BCUT2D eigenvalue weighted by Gasteiger charge is -2.13. The van der Waals surface area contributed by atoms with Gasteiger partial charge in [-0.05, 0) is 36.8 Å². The zero-order valence-electron chi connectivity index (χ0n) is 14.8. The van der Waals surface area contributed by atoms with E-state index in [4.69, 9.17) is 0 Å². The van der Waals surface area contributed by atoms with Crippen LogP contribution in [0.4, 0.5) is 10.8 Å². The number of thiazole rings is 1. The summed E-state index contributed by atoms with van der Waals surface area (Å²) in [4.78, 5) is 16.9. The molecule has 0 unspecified atom stereocenters. The topological polar surface area (TPSA) is 88.2 Å². The van der Waals surface area contributed by atoms with Crippen LogP contribution in [0, 0.1) is 0 Å². The number of carbonyl (C=O) groups excluding carboxylic acids is 1. The smallest absolute Gasteiger partial charge is 0.271 e. The largest absolute Gasteiger partial charge is 0.344 e. The number of hydrogen-bond acceptors (Lipinski definition) is 6. The molecule has 6 nitrogen and oxygen atoms in total. The van der Waals surface area contributed by atoms with Crippen LogP contribution in [-0.2, 0) is 9.84 Å². The van der Waals surface area contributed by atoms with E-state index in [0.29, 0.717) is 16.5 Å². The van der Waals surface area contributed by atoms with E-state index in [2.05, 4.69) is 15.6 Å². The first-order valence-electron chi connectivity index (χ1n) is 8.21. The van der Waals surface area contributed by atoms with Crippen LogP contribution in [0.5, 0.6) is 0 Å². The van der Waals surface area contributed by atoms with Crippen LogP contribution in [-0.4, -0.2) is 25.6 Å². The second-order valence-corrected chi connectivity index (χ2v) is 8.94. The van der Waals surface area contributed by atoms with Crippen molar-refractivity contribution in [3.8, 4) is 0 Å². The molecule has 3 rings (SSSR count). The fourth-order valence-corrected chi connectivity index (χ4v) is 3.78. The molecule has 1 atom stereocenters. The average Bonchev–Trinajstić information content (AvgIpc) is 3.11. The first-order valence-corrected chi connectivity index (χ1v) is 11.0. The maximum absolute atomic E-state index is 12.4. The van der Waals surface area contributed by atoms with Gasteiger partial charge in [0, 0.05) is 17.3 Å². The second kappa shape index (κ2) is 7.89. The van der Waals surface area contributed by atoms with Crippen molar-refractivity contribution in [3.63, 3.8) is 0 Å². The van der Waals surface area contributed by atoms with Gasteiger partial charge in [0.2, 0.25) is 0 Å². The molecule has 0 saturated carbocycles. The standard InChI is InChI=1S/C19H19N3O3S2/c1-13(14-6-4-3-5-7-14)20-18(23)17-12-26-19(22-17)21-15-8-10-16(11-9-15)27(2,24)25/h3-13H,1-2H3,(H,20,23)(H,21,22)/t13-/m0/s1. The van der Waals surface area contributed by atoms with Gasteiger partial charge in [0.25, 0.3) is 5.91 Å². The van der Waals surface area contributed by atoms with Crippen molar-refractivity contribution in [1.29, 1.82) is 0 Å². The quantitative estimate of drug-likeness (QED) is 0.656. The number of nitrogens with one attached hydrogen (secondary N) is 2. The molecule has 0 aliphatic carbocycles. The molecule has 140 valence electrons. The number of aromatic nitrogens is 1. The molecule has 0 aliphatic heterocycles. The molecule has 0 radical (unpaired) electrons. The normalized spacial score (nSPS) is 12.4. The molecule has 1 heterocycles. The van der Waals surface area contributed by atoms with Gasteiger partial charge in [-0.2, -0.15) is 0 Å². The van der Waals surface area contributed by atoms with Crippen LogP contribution >= 0.6 is 11.3 Å². The molecule has 0 bridgehead atoms. The number of anilines is 2. The number of sulfone groups is 1. The van der Waals surface area contributed by atoms with Crippen molar-refractivity contribution < 1.29 is 13.2 Å². The van der Waals surface area contributed by atoms with Crippen molar-refractivity contribution in [2.45, 2.75) is 17.9 Å². The number of nitrogens with zero attached hydrogens (tertiary/aromatic N) is 1. The molecule has 8 heteroatoms. The molecule has 1 amide bonds. The molecule has 0 saturated heterocycles. The lowest BCUT2D eigenvalue weighted by atomic mass is 10.1. The third-order valence-corrected chi connectivity index (χ3v) is 5.80. The summed E-state index contributed by atoms with van der Waals surface area (Å²) in [6.07, 6.45) is 1.16. The van der Waals surface area contributed by atoms with Gasteiger partial charge in [-0.1, -0.05) is 30.3 Å². The first kappa shape index (κ1) is 19.1. The molecule has 0 spiro atoms. The van der Waals surface area contributed by atoms with E-state index in [-0.39, 0.29) is 16.8 Å². The zero-order chi connectivity index (χ0) is 19.4. The highest BCUT2D eigenvalue weighted by Crippen LogP contribution is 2.23. The monoisotopic (exact) mass is 401 g/mol. The van der Waals surface area contributed by atoms with Gasteiger partial charge in [-0.25, -0.2) is 13.4 Å².